The molecule has 0 aliphatic carbocycles. The summed E-state index contributed by atoms with van der Waals surface area (Å²) in [6.07, 6.45) is 1.83. The number of anilines is 1. The van der Waals surface area contributed by atoms with Crippen molar-refractivity contribution in [3.8, 4) is 0 Å². The molecule has 3 rings (SSSR count). The maximum absolute atomic E-state index is 4.50. The van der Waals surface area contributed by atoms with Crippen LogP contribution in [-0.2, 0) is 0 Å². The van der Waals surface area contributed by atoms with E-state index >= 15 is 0 Å². The first-order valence-electron chi connectivity index (χ1n) is 6.02. The molecule has 19 heavy (non-hydrogen) atoms. The minimum Gasteiger partial charge on any atom is -0.278 e. The van der Waals surface area contributed by atoms with E-state index in [9.17, 15) is 0 Å². The highest BCUT2D eigenvalue weighted by Crippen LogP contribution is 2.22. The molecule has 4 heteroatoms. The Morgan fingerprint density at radius 2 is 2.11 bits per heavy atom. The van der Waals surface area contributed by atoms with Crippen LogP contribution in [0.3, 0.4) is 0 Å². The average Bonchev–Trinajstić information content (AvgIpc) is 2.91. The van der Waals surface area contributed by atoms with E-state index in [0.29, 0.717) is 0 Å². The van der Waals surface area contributed by atoms with Gasteiger partial charge in [-0.15, -0.1) is 11.3 Å². The van der Waals surface area contributed by atoms with Gasteiger partial charge in [0.2, 0.25) is 0 Å². The molecule has 2 aromatic heterocycles. The number of pyridine rings is 1. The van der Waals surface area contributed by atoms with Crippen LogP contribution >= 0.6 is 11.3 Å². The smallest absolute Gasteiger partial charge is 0.0726 e. The van der Waals surface area contributed by atoms with Gasteiger partial charge >= 0.3 is 0 Å². The number of aromatic nitrogens is 1. The number of para-hydroxylation sites is 1. The fourth-order valence-corrected chi connectivity index (χ4v) is 2.52. The van der Waals surface area contributed by atoms with Crippen molar-refractivity contribution in [2.75, 3.05) is 5.43 Å². The molecule has 1 N–H and O–H groups in total. The van der Waals surface area contributed by atoms with Crippen LogP contribution in [0.1, 0.15) is 10.6 Å². The molecule has 1 aromatic carbocycles. The summed E-state index contributed by atoms with van der Waals surface area (Å²) in [5, 5.41) is 7.40. The monoisotopic (exact) mass is 267 g/mol. The Kier molecular flexibility index (Phi) is 3.25. The summed E-state index contributed by atoms with van der Waals surface area (Å²) in [6, 6.07) is 14.1. The van der Waals surface area contributed by atoms with E-state index in [0.717, 1.165) is 27.2 Å². The Morgan fingerprint density at radius 1 is 1.21 bits per heavy atom. The normalized spacial score (nSPS) is 11.2. The van der Waals surface area contributed by atoms with Crippen molar-refractivity contribution in [3.05, 3.63) is 58.4 Å². The van der Waals surface area contributed by atoms with Crippen molar-refractivity contribution in [1.82, 2.24) is 4.98 Å². The number of nitrogens with zero attached hydrogens (tertiary/aromatic N) is 2. The molecule has 0 saturated carbocycles. The number of hydrazone groups is 1. The molecular weight excluding hydrogens is 254 g/mol. The summed E-state index contributed by atoms with van der Waals surface area (Å²) < 4.78 is 0. The van der Waals surface area contributed by atoms with Crippen LogP contribution in [0.15, 0.2) is 52.9 Å². The molecule has 0 spiro atoms. The predicted molar refractivity (Wildman–Crippen MR) is 82.0 cm³/mol. The molecule has 0 unspecified atom stereocenters. The number of nitrogens with one attached hydrogen (secondary N) is 1. The summed E-state index contributed by atoms with van der Waals surface area (Å²) in [6.45, 7) is 1.99. The van der Waals surface area contributed by atoms with E-state index in [1.54, 1.807) is 11.3 Å². The molecule has 2 heterocycles. The van der Waals surface area contributed by atoms with Gasteiger partial charge in [0.25, 0.3) is 0 Å². The van der Waals surface area contributed by atoms with Crippen LogP contribution in [0.2, 0.25) is 0 Å². The van der Waals surface area contributed by atoms with E-state index in [4.69, 9.17) is 0 Å². The molecule has 0 aliphatic heterocycles. The summed E-state index contributed by atoms with van der Waals surface area (Å²) >= 11 is 1.66. The van der Waals surface area contributed by atoms with Gasteiger partial charge in [0.1, 0.15) is 0 Å². The zero-order chi connectivity index (χ0) is 13.1. The lowest BCUT2D eigenvalue weighted by Crippen LogP contribution is -1.94. The summed E-state index contributed by atoms with van der Waals surface area (Å²) in [4.78, 5) is 5.63. The van der Waals surface area contributed by atoms with Gasteiger partial charge in [0.15, 0.2) is 0 Å². The predicted octanol–water partition coefficient (Wildman–Crippen LogP) is 4.05. The minimum atomic E-state index is 0.979. The Morgan fingerprint density at radius 3 is 2.95 bits per heavy atom. The van der Waals surface area contributed by atoms with Gasteiger partial charge in [-0.3, -0.25) is 10.4 Å². The SMILES string of the molecule is Cc1cc(N/N=C/c2cccs2)c2ccccc2n1. The molecule has 3 nitrogen and oxygen atoms in total. The Bertz CT molecular complexity index is 717. The zero-order valence-electron chi connectivity index (χ0n) is 10.5. The minimum absolute atomic E-state index is 0.979. The molecule has 0 radical (unpaired) electrons. The van der Waals surface area contributed by atoms with Crippen molar-refractivity contribution in [1.29, 1.82) is 0 Å². The lowest BCUT2D eigenvalue weighted by atomic mass is 10.1. The topological polar surface area (TPSA) is 37.3 Å². The largest absolute Gasteiger partial charge is 0.278 e. The molecule has 94 valence electrons. The summed E-state index contributed by atoms with van der Waals surface area (Å²) in [7, 11) is 0. The molecule has 0 bridgehead atoms. The van der Waals surface area contributed by atoms with Crippen molar-refractivity contribution in [2.24, 2.45) is 5.10 Å². The standard InChI is InChI=1S/C15H13N3S/c1-11-9-15(13-6-2-3-7-14(13)17-11)18-16-10-12-5-4-8-19-12/h2-10H,1H3,(H,17,18)/b16-10+. The van der Waals surface area contributed by atoms with Gasteiger partial charge < -0.3 is 0 Å². The van der Waals surface area contributed by atoms with Crippen molar-refractivity contribution in [2.45, 2.75) is 6.92 Å². The second-order valence-electron chi connectivity index (χ2n) is 4.21. The number of thiophene rings is 1. The molecular formula is C15H13N3S. The Balaban J connectivity index is 1.92. The van der Waals surface area contributed by atoms with Crippen LogP contribution < -0.4 is 5.43 Å². The molecule has 0 aliphatic rings. The van der Waals surface area contributed by atoms with Crippen molar-refractivity contribution < 1.29 is 0 Å². The number of hydrogen-bond acceptors (Lipinski definition) is 4. The van der Waals surface area contributed by atoms with Gasteiger partial charge in [0, 0.05) is 16.0 Å². The highest BCUT2D eigenvalue weighted by molar-refractivity contribution is 7.11. The molecule has 0 atom stereocenters. The highest BCUT2D eigenvalue weighted by atomic mass is 32.1. The number of fused-ring (bicyclic) bond motifs is 1. The number of aryl methyl sites for hydroxylation is 1. The zero-order valence-corrected chi connectivity index (χ0v) is 11.3. The quantitative estimate of drug-likeness (QED) is 0.574. The fourth-order valence-electron chi connectivity index (χ4n) is 1.93. The lowest BCUT2D eigenvalue weighted by Gasteiger charge is -2.06. The maximum Gasteiger partial charge on any atom is 0.0726 e. The van der Waals surface area contributed by atoms with Crippen LogP contribution in [0.25, 0.3) is 10.9 Å². The Labute approximate surface area is 115 Å². The van der Waals surface area contributed by atoms with Crippen LogP contribution in [0.4, 0.5) is 5.69 Å². The van der Waals surface area contributed by atoms with Crippen LogP contribution in [0, 0.1) is 6.92 Å². The van der Waals surface area contributed by atoms with E-state index in [1.165, 1.54) is 0 Å². The third-order valence-corrected chi connectivity index (χ3v) is 3.57. The van der Waals surface area contributed by atoms with Crippen molar-refractivity contribution in [3.63, 3.8) is 0 Å². The highest BCUT2D eigenvalue weighted by Gasteiger charge is 2.01. The first-order valence-corrected chi connectivity index (χ1v) is 6.90. The van der Waals surface area contributed by atoms with Gasteiger partial charge in [0.05, 0.1) is 17.4 Å². The van der Waals surface area contributed by atoms with Gasteiger partial charge in [-0.25, -0.2) is 0 Å². The third kappa shape index (κ3) is 2.63. The second kappa shape index (κ2) is 5.20. The van der Waals surface area contributed by atoms with Crippen LogP contribution in [-0.4, -0.2) is 11.2 Å². The second-order valence-corrected chi connectivity index (χ2v) is 5.19. The summed E-state index contributed by atoms with van der Waals surface area (Å²) in [5.41, 5.74) is 6.05. The number of benzene rings is 1. The number of rotatable bonds is 3. The molecule has 3 aromatic rings. The van der Waals surface area contributed by atoms with Gasteiger partial charge in [-0.05, 0) is 30.5 Å². The van der Waals surface area contributed by atoms with E-state index in [2.05, 4.69) is 15.5 Å². The van der Waals surface area contributed by atoms with Gasteiger partial charge in [-0.1, -0.05) is 24.3 Å². The van der Waals surface area contributed by atoms with Gasteiger partial charge in [-0.2, -0.15) is 5.10 Å². The van der Waals surface area contributed by atoms with E-state index in [1.807, 2.05) is 61.0 Å². The molecule has 0 saturated heterocycles. The van der Waals surface area contributed by atoms with E-state index in [-0.39, 0.29) is 0 Å². The molecule has 0 fully saturated rings. The lowest BCUT2D eigenvalue weighted by molar-refractivity contribution is 1.24. The fraction of sp³-hybridized carbons (Fsp3) is 0.0667. The summed E-state index contributed by atoms with van der Waals surface area (Å²) in [5.74, 6) is 0. The first kappa shape index (κ1) is 11.9. The maximum atomic E-state index is 4.50. The first-order chi connectivity index (χ1) is 9.33. The van der Waals surface area contributed by atoms with E-state index < -0.39 is 0 Å². The molecule has 0 amide bonds. The Hall–Kier alpha value is -2.20. The van der Waals surface area contributed by atoms with Crippen molar-refractivity contribution >= 4 is 34.1 Å². The number of hydrogen-bond donors (Lipinski definition) is 1. The average molecular weight is 267 g/mol. The van der Waals surface area contributed by atoms with Crippen LogP contribution in [0.5, 0.6) is 0 Å². The third-order valence-electron chi connectivity index (χ3n) is 2.76.